The fourth-order valence-electron chi connectivity index (χ4n) is 2.06. The molecule has 3 rings (SSSR count). The Hall–Kier alpha value is -1.39. The molecule has 0 amide bonds. The van der Waals surface area contributed by atoms with Crippen molar-refractivity contribution in [3.05, 3.63) is 54.1 Å². The van der Waals surface area contributed by atoms with Crippen molar-refractivity contribution in [3.8, 4) is 5.75 Å². The topological polar surface area (TPSA) is 76.0 Å². The number of rotatable bonds is 4. The normalized spacial score (nSPS) is 12.8. The van der Waals surface area contributed by atoms with Gasteiger partial charge >= 0.3 is 8.25 Å². The van der Waals surface area contributed by atoms with Gasteiger partial charge < -0.3 is 14.7 Å². The van der Waals surface area contributed by atoms with Crippen LogP contribution in [-0.2, 0) is 28.7 Å². The predicted octanol–water partition coefficient (Wildman–Crippen LogP) is 2.37. The molecule has 5 nitrogen and oxygen atoms in total. The first kappa shape index (κ1) is 16.7. The summed E-state index contributed by atoms with van der Waals surface area (Å²) >= 11 is 0. The third kappa shape index (κ3) is 4.94. The fraction of sp³-hybridized carbons (Fsp3) is 0.286. The molecule has 0 spiro atoms. The van der Waals surface area contributed by atoms with E-state index < -0.39 is 8.25 Å². The second-order valence-corrected chi connectivity index (χ2v) is 4.67. The molecular weight excluding hydrogens is 279 g/mol. The molecule has 0 aromatic heterocycles. The van der Waals surface area contributed by atoms with Crippen molar-refractivity contribution in [3.63, 3.8) is 0 Å². The summed E-state index contributed by atoms with van der Waals surface area (Å²) in [5.74, 6) is 0.806. The highest BCUT2D eigenvalue weighted by molar-refractivity contribution is 7.30. The lowest BCUT2D eigenvalue weighted by atomic mass is 9.93. The number of fused-ring (bicyclic) bond motifs is 5. The summed E-state index contributed by atoms with van der Waals surface area (Å²) in [7, 11) is -3.13. The summed E-state index contributed by atoms with van der Waals surface area (Å²) in [4.78, 5) is 24.7. The Morgan fingerprint density at radius 2 is 1.80 bits per heavy atom. The highest BCUT2D eigenvalue weighted by atomic mass is 31.1. The smallest absolute Gasteiger partial charge is 0.314 e. The van der Waals surface area contributed by atoms with Crippen molar-refractivity contribution in [2.75, 3.05) is 6.61 Å². The molecule has 110 valence electrons. The summed E-state index contributed by atoms with van der Waals surface area (Å²) < 4.78 is 8.74. The van der Waals surface area contributed by atoms with Crippen LogP contribution in [0, 0.1) is 0 Å². The zero-order valence-corrected chi connectivity index (χ0v) is 12.2. The third-order valence-corrected chi connectivity index (χ3v) is 2.79. The molecule has 2 bridgehead atoms. The molecule has 0 saturated heterocycles. The first-order chi connectivity index (χ1) is 9.60. The minimum atomic E-state index is -3.13. The SMILES string of the molecule is C=CCc1c2ccc(c1CC=C)OOCC2.O=[PH](O)O. The number of hydrogen-bond donors (Lipinski definition) is 2. The van der Waals surface area contributed by atoms with Crippen molar-refractivity contribution in [2.24, 2.45) is 0 Å². The molecule has 0 unspecified atom stereocenters. The second kappa shape index (κ2) is 8.72. The maximum atomic E-state index is 8.74. The van der Waals surface area contributed by atoms with Gasteiger partial charge in [0.1, 0.15) is 0 Å². The zero-order chi connectivity index (χ0) is 15.0. The largest absolute Gasteiger partial charge is 0.337 e. The molecule has 0 saturated carbocycles. The van der Waals surface area contributed by atoms with E-state index in [-0.39, 0.29) is 0 Å². The van der Waals surface area contributed by atoms with E-state index in [0.717, 1.165) is 25.0 Å². The summed E-state index contributed by atoms with van der Waals surface area (Å²) in [6, 6.07) is 4.09. The second-order valence-electron chi connectivity index (χ2n) is 4.10. The average Bonchev–Trinajstić information content (AvgIpc) is 2.33. The van der Waals surface area contributed by atoms with Crippen LogP contribution in [-0.4, -0.2) is 16.4 Å². The number of benzene rings is 1. The van der Waals surface area contributed by atoms with Crippen LogP contribution in [0.1, 0.15) is 16.7 Å². The molecule has 1 aromatic rings. The van der Waals surface area contributed by atoms with Gasteiger partial charge in [0.05, 0.1) is 6.61 Å². The maximum Gasteiger partial charge on any atom is 0.314 e. The molecule has 0 radical (unpaired) electrons. The highest BCUT2D eigenvalue weighted by Crippen LogP contribution is 2.29. The van der Waals surface area contributed by atoms with Crippen LogP contribution in [0.3, 0.4) is 0 Å². The van der Waals surface area contributed by atoms with Gasteiger partial charge in [-0.05, 0) is 30.0 Å². The summed E-state index contributed by atoms with van der Waals surface area (Å²) in [5, 5.41) is 0. The van der Waals surface area contributed by atoms with Gasteiger partial charge in [0.25, 0.3) is 0 Å². The average molecular weight is 298 g/mol. The van der Waals surface area contributed by atoms with Crippen LogP contribution in [0.5, 0.6) is 5.75 Å². The molecule has 1 aromatic carbocycles. The van der Waals surface area contributed by atoms with E-state index >= 15 is 0 Å². The van der Waals surface area contributed by atoms with Gasteiger partial charge in [0, 0.05) is 12.0 Å². The Morgan fingerprint density at radius 1 is 1.20 bits per heavy atom. The molecule has 2 N–H and O–H groups in total. The quantitative estimate of drug-likeness (QED) is 0.507. The van der Waals surface area contributed by atoms with Gasteiger partial charge in [0.2, 0.25) is 0 Å². The van der Waals surface area contributed by atoms with Gasteiger partial charge in [-0.3, -0.25) is 4.57 Å². The van der Waals surface area contributed by atoms with Crippen molar-refractivity contribution in [1.29, 1.82) is 0 Å². The van der Waals surface area contributed by atoms with Gasteiger partial charge in [-0.2, -0.15) is 4.89 Å². The predicted molar refractivity (Wildman–Crippen MR) is 78.0 cm³/mol. The van der Waals surface area contributed by atoms with E-state index in [4.69, 9.17) is 24.1 Å². The fourth-order valence-corrected chi connectivity index (χ4v) is 2.06. The van der Waals surface area contributed by atoms with Crippen LogP contribution in [0.4, 0.5) is 0 Å². The molecule has 20 heavy (non-hydrogen) atoms. The van der Waals surface area contributed by atoms with Gasteiger partial charge in [-0.1, -0.05) is 18.2 Å². The van der Waals surface area contributed by atoms with E-state index in [9.17, 15) is 0 Å². The number of hydrogen-bond acceptors (Lipinski definition) is 3. The maximum absolute atomic E-state index is 8.74. The lowest BCUT2D eigenvalue weighted by Gasteiger charge is -2.19. The molecule has 0 aliphatic carbocycles. The van der Waals surface area contributed by atoms with Crippen LogP contribution in [0.25, 0.3) is 0 Å². The van der Waals surface area contributed by atoms with E-state index in [0.29, 0.717) is 6.61 Å². The minimum absolute atomic E-state index is 0.602. The van der Waals surface area contributed by atoms with Crippen LogP contribution in [0.2, 0.25) is 0 Å². The monoisotopic (exact) mass is 298 g/mol. The molecule has 0 fully saturated rings. The molecule has 2 aliphatic rings. The van der Waals surface area contributed by atoms with Gasteiger partial charge in [-0.15, -0.1) is 13.2 Å². The highest BCUT2D eigenvalue weighted by Gasteiger charge is 2.16. The molecule has 2 aliphatic heterocycles. The Morgan fingerprint density at radius 3 is 2.40 bits per heavy atom. The third-order valence-electron chi connectivity index (χ3n) is 2.79. The first-order valence-electron chi connectivity index (χ1n) is 6.17. The molecule has 6 heteroatoms. The standard InChI is InChI=1S/C14H16O2.H3O3P/c1-3-5-12-11-7-8-14(13(12)6-4-2)16-15-10-9-11;1-4(2)3/h3-4,7-8H,1-2,5-6,9-10H2;4H,(H2,1,2,3). The van der Waals surface area contributed by atoms with Gasteiger partial charge in [-0.25, -0.2) is 0 Å². The molecular formula is C14H19O5P. The number of allylic oxidation sites excluding steroid dienone is 2. The van der Waals surface area contributed by atoms with Crippen LogP contribution in [0.15, 0.2) is 37.4 Å². The Balaban J connectivity index is 0.000000444. The lowest BCUT2D eigenvalue weighted by molar-refractivity contribution is -0.207. The minimum Gasteiger partial charge on any atom is -0.337 e. The summed E-state index contributed by atoms with van der Waals surface area (Å²) in [6.45, 7) is 8.19. The van der Waals surface area contributed by atoms with Crippen molar-refractivity contribution in [2.45, 2.75) is 19.3 Å². The van der Waals surface area contributed by atoms with Crippen LogP contribution >= 0.6 is 8.25 Å². The van der Waals surface area contributed by atoms with Crippen molar-refractivity contribution >= 4 is 8.25 Å². The van der Waals surface area contributed by atoms with E-state index in [1.54, 1.807) is 0 Å². The van der Waals surface area contributed by atoms with E-state index in [2.05, 4.69) is 19.2 Å². The Labute approximate surface area is 119 Å². The first-order valence-corrected chi connectivity index (χ1v) is 7.47. The van der Waals surface area contributed by atoms with Crippen molar-refractivity contribution in [1.82, 2.24) is 0 Å². The summed E-state index contributed by atoms with van der Waals surface area (Å²) in [5.41, 5.74) is 3.81. The van der Waals surface area contributed by atoms with E-state index in [1.165, 1.54) is 16.7 Å². The van der Waals surface area contributed by atoms with Crippen LogP contribution < -0.4 is 4.89 Å². The zero-order valence-electron chi connectivity index (χ0n) is 11.2. The Kier molecular flexibility index (Phi) is 7.26. The Bertz CT molecular complexity index is 456. The van der Waals surface area contributed by atoms with Gasteiger partial charge in [0.15, 0.2) is 5.75 Å². The van der Waals surface area contributed by atoms with E-state index in [1.807, 2.05) is 18.2 Å². The lowest BCUT2D eigenvalue weighted by Crippen LogP contribution is -2.12. The summed E-state index contributed by atoms with van der Waals surface area (Å²) in [6.07, 6.45) is 6.37. The molecule has 2 heterocycles. The van der Waals surface area contributed by atoms with Crippen molar-refractivity contribution < 1.29 is 24.1 Å². The molecule has 0 atom stereocenters.